The minimum atomic E-state index is -0.419. The summed E-state index contributed by atoms with van der Waals surface area (Å²) >= 11 is 0. The first kappa shape index (κ1) is 27.9. The fraction of sp³-hybridized carbons (Fsp3) is 0.258. The Morgan fingerprint density at radius 1 is 0.927 bits per heavy atom. The van der Waals surface area contributed by atoms with Crippen LogP contribution in [0.4, 0.5) is 15.8 Å². The topological polar surface area (TPSA) is 92.3 Å². The minimum absolute atomic E-state index is 0.0506. The number of hydrogen-bond donors (Lipinski definition) is 0. The van der Waals surface area contributed by atoms with Crippen molar-refractivity contribution in [2.75, 3.05) is 38.2 Å². The predicted octanol–water partition coefficient (Wildman–Crippen LogP) is 5.50. The molecule has 5 rings (SSSR count). The zero-order valence-corrected chi connectivity index (χ0v) is 22.7. The number of halogens is 1. The summed E-state index contributed by atoms with van der Waals surface area (Å²) in [5, 5.41) is 10.9. The Balaban J connectivity index is 1.22. The van der Waals surface area contributed by atoms with Gasteiger partial charge >= 0.3 is 0 Å². The van der Waals surface area contributed by atoms with E-state index in [2.05, 4.69) is 9.80 Å². The second-order valence-corrected chi connectivity index (χ2v) is 9.94. The van der Waals surface area contributed by atoms with Crippen LogP contribution in [0, 0.1) is 15.9 Å². The van der Waals surface area contributed by atoms with Crippen molar-refractivity contribution in [1.82, 2.24) is 9.80 Å². The van der Waals surface area contributed by atoms with E-state index in [0.717, 1.165) is 22.6 Å². The second-order valence-electron chi connectivity index (χ2n) is 9.94. The van der Waals surface area contributed by atoms with Crippen LogP contribution in [-0.2, 0) is 19.6 Å². The van der Waals surface area contributed by atoms with Crippen molar-refractivity contribution in [3.63, 3.8) is 0 Å². The van der Waals surface area contributed by atoms with Gasteiger partial charge in [-0.15, -0.1) is 0 Å². The number of carbonyl (C=O) groups excluding carboxylic acids is 1. The van der Waals surface area contributed by atoms with Crippen LogP contribution in [0.3, 0.4) is 0 Å². The quantitative estimate of drug-likeness (QED) is 0.187. The molecule has 1 saturated heterocycles. The third-order valence-corrected chi connectivity index (χ3v) is 7.10. The number of rotatable bonds is 10. The van der Waals surface area contributed by atoms with Crippen LogP contribution in [0.5, 0.6) is 5.75 Å². The van der Waals surface area contributed by atoms with Gasteiger partial charge in [-0.2, -0.15) is 0 Å². The predicted molar refractivity (Wildman–Crippen MR) is 152 cm³/mol. The Kier molecular flexibility index (Phi) is 8.59. The summed E-state index contributed by atoms with van der Waals surface area (Å²) in [6.45, 7) is 3.77. The van der Waals surface area contributed by atoms with Crippen molar-refractivity contribution in [1.29, 1.82) is 0 Å². The average Bonchev–Trinajstić information content (AvgIpc) is 3.46. The van der Waals surface area contributed by atoms with Gasteiger partial charge in [0.05, 0.1) is 18.6 Å². The molecule has 2 heterocycles. The van der Waals surface area contributed by atoms with Crippen molar-refractivity contribution < 1.29 is 23.3 Å². The number of nitro groups is 1. The number of carbonyl (C=O) groups is 1. The monoisotopic (exact) mass is 558 g/mol. The molecule has 1 aliphatic heterocycles. The molecule has 0 unspecified atom stereocenters. The van der Waals surface area contributed by atoms with E-state index in [9.17, 15) is 19.3 Å². The Hall–Kier alpha value is -4.70. The number of ether oxygens (including phenoxy) is 1. The number of methoxy groups -OCH3 is 1. The lowest BCUT2D eigenvalue weighted by Crippen LogP contribution is -2.48. The van der Waals surface area contributed by atoms with Crippen LogP contribution in [-0.4, -0.2) is 53.9 Å². The molecule has 1 aliphatic rings. The van der Waals surface area contributed by atoms with Gasteiger partial charge in [-0.1, -0.05) is 24.3 Å². The van der Waals surface area contributed by atoms with Gasteiger partial charge in [-0.05, 0) is 59.7 Å². The van der Waals surface area contributed by atoms with E-state index < -0.39 is 4.92 Å². The van der Waals surface area contributed by atoms with Crippen LogP contribution in [0.15, 0.2) is 89.3 Å². The Bertz CT molecular complexity index is 1480. The summed E-state index contributed by atoms with van der Waals surface area (Å²) in [5.74, 6) is 1.23. The van der Waals surface area contributed by atoms with E-state index in [1.807, 2.05) is 36.4 Å². The van der Waals surface area contributed by atoms with E-state index in [-0.39, 0.29) is 23.2 Å². The number of piperazine rings is 1. The lowest BCUT2D eigenvalue weighted by molar-refractivity contribution is -0.384. The van der Waals surface area contributed by atoms with Gasteiger partial charge in [0.2, 0.25) is 0 Å². The maximum absolute atomic E-state index is 13.9. The number of hydrogen-bond acceptors (Lipinski definition) is 7. The van der Waals surface area contributed by atoms with Gasteiger partial charge in [0.15, 0.2) is 5.76 Å². The molecule has 1 fully saturated rings. The van der Waals surface area contributed by atoms with Gasteiger partial charge in [-0.25, -0.2) is 4.39 Å². The summed E-state index contributed by atoms with van der Waals surface area (Å²) in [7, 11) is 1.62. The van der Waals surface area contributed by atoms with Gasteiger partial charge in [-0.3, -0.25) is 19.8 Å². The fourth-order valence-electron chi connectivity index (χ4n) is 4.96. The highest BCUT2D eigenvalue weighted by Crippen LogP contribution is 2.23. The standard InChI is InChI=1S/C31H31FN4O5/c1-40-28-11-5-23(6-12-28)20-33(21-24-3-2-4-25(32)19-24)22-29-13-14-30(41-29)31(37)35-17-15-34(16-18-35)26-7-9-27(10-8-26)36(38)39/h2-14,19H,15-18,20-22H2,1H3. The largest absolute Gasteiger partial charge is 0.497 e. The molecule has 0 spiro atoms. The van der Waals surface area contributed by atoms with Crippen molar-refractivity contribution in [3.8, 4) is 5.75 Å². The van der Waals surface area contributed by atoms with Crippen molar-refractivity contribution >= 4 is 17.3 Å². The molecule has 9 nitrogen and oxygen atoms in total. The number of benzene rings is 3. The van der Waals surface area contributed by atoms with Crippen LogP contribution < -0.4 is 9.64 Å². The number of nitro benzene ring substituents is 1. The van der Waals surface area contributed by atoms with Crippen LogP contribution in [0.1, 0.15) is 27.4 Å². The lowest BCUT2D eigenvalue weighted by Gasteiger charge is -2.35. The molecule has 10 heteroatoms. The van der Waals surface area contributed by atoms with E-state index in [0.29, 0.717) is 51.6 Å². The SMILES string of the molecule is COc1ccc(CN(Cc2cccc(F)c2)Cc2ccc(C(=O)N3CCN(c4ccc([N+](=O)[O-])cc4)CC3)o2)cc1. The maximum atomic E-state index is 13.9. The molecule has 4 aromatic rings. The van der Waals surface area contributed by atoms with E-state index in [1.165, 1.54) is 24.3 Å². The molecule has 0 N–H and O–H groups in total. The lowest BCUT2D eigenvalue weighted by atomic mass is 10.1. The zero-order chi connectivity index (χ0) is 28.8. The summed E-state index contributed by atoms with van der Waals surface area (Å²) in [4.78, 5) is 29.7. The van der Waals surface area contributed by atoms with Crippen LogP contribution in [0.2, 0.25) is 0 Å². The summed E-state index contributed by atoms with van der Waals surface area (Å²) < 4.78 is 25.1. The van der Waals surface area contributed by atoms with E-state index >= 15 is 0 Å². The number of furan rings is 1. The molecule has 0 atom stereocenters. The first-order valence-electron chi connectivity index (χ1n) is 13.3. The Labute approximate surface area is 237 Å². The Morgan fingerprint density at radius 2 is 1.63 bits per heavy atom. The molecule has 0 aliphatic carbocycles. The average molecular weight is 559 g/mol. The second kappa shape index (κ2) is 12.6. The zero-order valence-electron chi connectivity index (χ0n) is 22.7. The van der Waals surface area contributed by atoms with Crippen LogP contribution in [0.25, 0.3) is 0 Å². The van der Waals surface area contributed by atoms with Gasteiger partial charge in [0.1, 0.15) is 17.3 Å². The molecular weight excluding hydrogens is 527 g/mol. The van der Waals surface area contributed by atoms with E-state index in [4.69, 9.17) is 9.15 Å². The molecule has 0 bridgehead atoms. The van der Waals surface area contributed by atoms with Crippen LogP contribution >= 0.6 is 0 Å². The van der Waals surface area contributed by atoms with Crippen molar-refractivity contribution in [2.45, 2.75) is 19.6 Å². The highest BCUT2D eigenvalue weighted by Gasteiger charge is 2.25. The Morgan fingerprint density at radius 3 is 2.29 bits per heavy atom. The molecule has 41 heavy (non-hydrogen) atoms. The summed E-state index contributed by atoms with van der Waals surface area (Å²) in [6.07, 6.45) is 0. The van der Waals surface area contributed by atoms with Crippen molar-refractivity contribution in [3.05, 3.63) is 124 Å². The highest BCUT2D eigenvalue weighted by atomic mass is 19.1. The third kappa shape index (κ3) is 7.09. The van der Waals surface area contributed by atoms with E-state index in [1.54, 1.807) is 36.3 Å². The first-order chi connectivity index (χ1) is 19.9. The third-order valence-electron chi connectivity index (χ3n) is 7.10. The normalized spacial score (nSPS) is 13.4. The fourth-order valence-corrected chi connectivity index (χ4v) is 4.96. The molecule has 1 aromatic heterocycles. The first-order valence-corrected chi connectivity index (χ1v) is 13.3. The maximum Gasteiger partial charge on any atom is 0.289 e. The van der Waals surface area contributed by atoms with Gasteiger partial charge in [0.25, 0.3) is 11.6 Å². The molecule has 212 valence electrons. The molecule has 0 saturated carbocycles. The number of anilines is 1. The molecule has 1 amide bonds. The molecular formula is C31H31FN4O5. The summed E-state index contributed by atoms with van der Waals surface area (Å²) in [5.41, 5.74) is 2.84. The highest BCUT2D eigenvalue weighted by molar-refractivity contribution is 5.91. The summed E-state index contributed by atoms with van der Waals surface area (Å²) in [6, 6.07) is 24.3. The minimum Gasteiger partial charge on any atom is -0.497 e. The number of nitrogens with zero attached hydrogens (tertiary/aromatic N) is 4. The molecule has 0 radical (unpaired) electrons. The molecule has 3 aromatic carbocycles. The number of amides is 1. The van der Waals surface area contributed by atoms with Gasteiger partial charge < -0.3 is 19.0 Å². The van der Waals surface area contributed by atoms with Gasteiger partial charge in [0, 0.05) is 57.1 Å². The smallest absolute Gasteiger partial charge is 0.289 e. The van der Waals surface area contributed by atoms with Crippen molar-refractivity contribution in [2.24, 2.45) is 0 Å². The number of non-ortho nitro benzene ring substituents is 1.